The smallest absolute Gasteiger partial charge is 0.339 e. The van der Waals surface area contributed by atoms with E-state index >= 15 is 0 Å². The molecular weight excluding hydrogens is 216 g/mol. The highest BCUT2D eigenvalue weighted by Gasteiger charge is 2.14. The first-order valence-electron chi connectivity index (χ1n) is 4.16. The summed E-state index contributed by atoms with van der Waals surface area (Å²) in [7, 11) is 0. The van der Waals surface area contributed by atoms with Crippen LogP contribution in [0.25, 0.3) is 0 Å². The van der Waals surface area contributed by atoms with Gasteiger partial charge in [0.25, 0.3) is 0 Å². The van der Waals surface area contributed by atoms with Crippen LogP contribution in [-0.4, -0.2) is 17.7 Å². The van der Waals surface area contributed by atoms with E-state index in [2.05, 4.69) is 5.92 Å². The topological polar surface area (TPSA) is 46.5 Å². The molecule has 1 aromatic rings. The molecule has 78 valence electrons. The van der Waals surface area contributed by atoms with Gasteiger partial charge in [-0.25, -0.2) is 4.79 Å². The van der Waals surface area contributed by atoms with Crippen molar-refractivity contribution >= 4 is 17.6 Å². The monoisotopic (exact) mass is 224 g/mol. The number of hydrogen-bond donors (Lipinski definition) is 1. The Hall–Kier alpha value is -1.66. The summed E-state index contributed by atoms with van der Waals surface area (Å²) in [5.74, 6) is 1.45. The lowest BCUT2D eigenvalue weighted by Gasteiger charge is -2.10. The number of halogens is 1. The molecule has 0 amide bonds. The second-order valence-corrected chi connectivity index (χ2v) is 3.33. The third-order valence-electron chi connectivity index (χ3n) is 1.77. The van der Waals surface area contributed by atoms with Gasteiger partial charge < -0.3 is 9.84 Å². The second-order valence-electron chi connectivity index (χ2n) is 2.90. The summed E-state index contributed by atoms with van der Waals surface area (Å²) in [6.45, 7) is 1.74. The van der Waals surface area contributed by atoms with Crippen molar-refractivity contribution in [3.63, 3.8) is 0 Å². The van der Waals surface area contributed by atoms with E-state index in [1.165, 1.54) is 6.07 Å². The minimum Gasteiger partial charge on any atom is -0.480 e. The first-order chi connectivity index (χ1) is 7.06. The zero-order valence-electron chi connectivity index (χ0n) is 8.08. The summed E-state index contributed by atoms with van der Waals surface area (Å²) in [6.07, 6.45) is 5.03. The van der Waals surface area contributed by atoms with E-state index in [4.69, 9.17) is 27.9 Å². The Kier molecular flexibility index (Phi) is 3.59. The van der Waals surface area contributed by atoms with Crippen molar-refractivity contribution in [2.75, 3.05) is 6.61 Å². The number of aromatic carboxylic acids is 1. The number of carboxylic acids is 1. The molecule has 0 saturated carbocycles. The number of ether oxygens (including phenoxy) is 1. The number of rotatable bonds is 3. The molecular formula is C11H9ClO3. The van der Waals surface area contributed by atoms with Crippen molar-refractivity contribution < 1.29 is 14.6 Å². The van der Waals surface area contributed by atoms with Gasteiger partial charge in [0.15, 0.2) is 0 Å². The van der Waals surface area contributed by atoms with E-state index in [1.54, 1.807) is 13.0 Å². The van der Waals surface area contributed by atoms with E-state index in [0.717, 1.165) is 0 Å². The van der Waals surface area contributed by atoms with Gasteiger partial charge in [-0.1, -0.05) is 17.5 Å². The molecule has 1 aromatic carbocycles. The van der Waals surface area contributed by atoms with Gasteiger partial charge in [0, 0.05) is 5.02 Å². The fraction of sp³-hybridized carbons (Fsp3) is 0.182. The summed E-state index contributed by atoms with van der Waals surface area (Å²) in [5, 5.41) is 9.28. The van der Waals surface area contributed by atoms with Crippen LogP contribution < -0.4 is 4.74 Å². The number of aryl methyl sites for hydroxylation is 1. The Morgan fingerprint density at radius 1 is 1.67 bits per heavy atom. The molecule has 3 nitrogen and oxygen atoms in total. The van der Waals surface area contributed by atoms with Crippen LogP contribution >= 0.6 is 11.6 Å². The summed E-state index contributed by atoms with van der Waals surface area (Å²) in [5.41, 5.74) is 0.672. The van der Waals surface area contributed by atoms with E-state index in [-0.39, 0.29) is 17.9 Å². The van der Waals surface area contributed by atoms with E-state index in [9.17, 15) is 4.79 Å². The molecule has 0 fully saturated rings. The largest absolute Gasteiger partial charge is 0.480 e. The zero-order valence-corrected chi connectivity index (χ0v) is 8.84. The molecule has 0 unspecified atom stereocenters. The molecule has 0 aromatic heterocycles. The minimum atomic E-state index is -1.09. The van der Waals surface area contributed by atoms with E-state index in [1.807, 2.05) is 0 Å². The van der Waals surface area contributed by atoms with Gasteiger partial charge >= 0.3 is 5.97 Å². The molecule has 0 saturated heterocycles. The Morgan fingerprint density at radius 2 is 2.33 bits per heavy atom. The Balaban J connectivity index is 3.22. The fourth-order valence-corrected chi connectivity index (χ4v) is 1.47. The number of carbonyl (C=O) groups is 1. The lowest BCUT2D eigenvalue weighted by Crippen LogP contribution is -2.05. The van der Waals surface area contributed by atoms with Crippen molar-refractivity contribution in [3.05, 3.63) is 28.3 Å². The summed E-state index contributed by atoms with van der Waals surface area (Å²) < 4.78 is 5.16. The fourth-order valence-electron chi connectivity index (χ4n) is 1.19. The number of terminal acetylenes is 1. The molecule has 0 aliphatic carbocycles. The van der Waals surface area contributed by atoms with Gasteiger partial charge in [-0.15, -0.1) is 6.42 Å². The van der Waals surface area contributed by atoms with Crippen molar-refractivity contribution in [2.45, 2.75) is 6.92 Å². The molecule has 0 atom stereocenters. The normalized spacial score (nSPS) is 9.40. The minimum absolute atomic E-state index is 0.0234. The van der Waals surface area contributed by atoms with Crippen LogP contribution in [0.2, 0.25) is 5.02 Å². The molecule has 0 aliphatic heterocycles. The number of benzene rings is 1. The first-order valence-corrected chi connectivity index (χ1v) is 4.53. The van der Waals surface area contributed by atoms with E-state index in [0.29, 0.717) is 10.6 Å². The third kappa shape index (κ3) is 2.64. The summed E-state index contributed by atoms with van der Waals surface area (Å²) in [6, 6.07) is 2.96. The molecule has 0 spiro atoms. The van der Waals surface area contributed by atoms with Crippen molar-refractivity contribution in [1.29, 1.82) is 0 Å². The molecule has 0 aliphatic rings. The van der Waals surface area contributed by atoms with Crippen molar-refractivity contribution in [1.82, 2.24) is 0 Å². The highest BCUT2D eigenvalue weighted by Crippen LogP contribution is 2.27. The Labute approximate surface area is 92.6 Å². The number of hydrogen-bond acceptors (Lipinski definition) is 2. The summed E-state index contributed by atoms with van der Waals surface area (Å²) in [4.78, 5) is 10.9. The van der Waals surface area contributed by atoms with Crippen LogP contribution in [0.5, 0.6) is 5.75 Å². The molecule has 0 bridgehead atoms. The van der Waals surface area contributed by atoms with Gasteiger partial charge in [-0.2, -0.15) is 0 Å². The van der Waals surface area contributed by atoms with Gasteiger partial charge in [0.05, 0.1) is 0 Å². The lowest BCUT2D eigenvalue weighted by molar-refractivity contribution is 0.0692. The van der Waals surface area contributed by atoms with Crippen LogP contribution in [-0.2, 0) is 0 Å². The second kappa shape index (κ2) is 4.72. The average molecular weight is 225 g/mol. The van der Waals surface area contributed by atoms with Gasteiger partial charge in [0.1, 0.15) is 17.9 Å². The quantitative estimate of drug-likeness (QED) is 0.802. The van der Waals surface area contributed by atoms with Crippen molar-refractivity contribution in [2.24, 2.45) is 0 Å². The maximum Gasteiger partial charge on any atom is 0.339 e. The maximum absolute atomic E-state index is 10.9. The van der Waals surface area contributed by atoms with Crippen LogP contribution in [0.15, 0.2) is 12.1 Å². The van der Waals surface area contributed by atoms with Gasteiger partial charge in [-0.05, 0) is 24.6 Å². The SMILES string of the molecule is C#CCOc1c(C)cc(Cl)cc1C(=O)O. The first kappa shape index (κ1) is 11.4. The predicted molar refractivity (Wildman–Crippen MR) is 57.5 cm³/mol. The van der Waals surface area contributed by atoms with Gasteiger partial charge in [0.2, 0.25) is 0 Å². The molecule has 1 rings (SSSR count). The van der Waals surface area contributed by atoms with E-state index < -0.39 is 5.97 Å². The Bertz CT molecular complexity index is 432. The third-order valence-corrected chi connectivity index (χ3v) is 1.99. The van der Waals surface area contributed by atoms with Crippen LogP contribution in [0, 0.1) is 19.3 Å². The van der Waals surface area contributed by atoms with Gasteiger partial charge in [-0.3, -0.25) is 0 Å². The molecule has 0 radical (unpaired) electrons. The molecule has 15 heavy (non-hydrogen) atoms. The van der Waals surface area contributed by atoms with Crippen LogP contribution in [0.4, 0.5) is 0 Å². The molecule has 0 heterocycles. The highest BCUT2D eigenvalue weighted by atomic mass is 35.5. The van der Waals surface area contributed by atoms with Crippen LogP contribution in [0.3, 0.4) is 0 Å². The summed E-state index contributed by atoms with van der Waals surface area (Å²) >= 11 is 5.74. The zero-order chi connectivity index (χ0) is 11.4. The Morgan fingerprint density at radius 3 is 2.87 bits per heavy atom. The molecule has 4 heteroatoms. The van der Waals surface area contributed by atoms with Crippen molar-refractivity contribution in [3.8, 4) is 18.1 Å². The standard InChI is InChI=1S/C11H9ClO3/c1-3-4-15-10-7(2)5-8(12)6-9(10)11(13)14/h1,5-6H,4H2,2H3,(H,13,14). The predicted octanol–water partition coefficient (Wildman–Crippen LogP) is 2.36. The molecule has 1 N–H and O–H groups in total. The van der Waals surface area contributed by atoms with Crippen LogP contribution in [0.1, 0.15) is 15.9 Å². The number of carboxylic acid groups (broad SMARTS) is 1. The lowest BCUT2D eigenvalue weighted by atomic mass is 10.1. The average Bonchev–Trinajstić information content (AvgIpc) is 2.15. The maximum atomic E-state index is 10.9. The highest BCUT2D eigenvalue weighted by molar-refractivity contribution is 6.31.